The van der Waals surface area contributed by atoms with E-state index in [-0.39, 0.29) is 17.1 Å². The van der Waals surface area contributed by atoms with E-state index in [2.05, 4.69) is 14.7 Å². The maximum absolute atomic E-state index is 12.6. The largest absolute Gasteiger partial charge is 0.493 e. The summed E-state index contributed by atoms with van der Waals surface area (Å²) in [6, 6.07) is 11.7. The van der Waals surface area contributed by atoms with Gasteiger partial charge in [0.25, 0.3) is 5.56 Å². The van der Waals surface area contributed by atoms with Gasteiger partial charge in [0, 0.05) is 5.56 Å². The number of H-pyrrole nitrogens is 1. The number of ether oxygens (including phenoxy) is 2. The number of methoxy groups -OCH3 is 1. The summed E-state index contributed by atoms with van der Waals surface area (Å²) in [5.41, 5.74) is 0.635. The predicted molar refractivity (Wildman–Crippen MR) is 90.9 cm³/mol. The van der Waals surface area contributed by atoms with Gasteiger partial charge >= 0.3 is 6.61 Å². The SMILES string of the molecule is COc1cccc(/C=C/c2nc3ccccc3c(=O)[nH]2)c1OC(F)F. The quantitative estimate of drug-likeness (QED) is 0.766. The smallest absolute Gasteiger partial charge is 0.387 e. The molecule has 128 valence electrons. The van der Waals surface area contributed by atoms with E-state index in [0.717, 1.165) is 0 Å². The van der Waals surface area contributed by atoms with E-state index in [1.165, 1.54) is 25.3 Å². The number of benzene rings is 2. The average molecular weight is 344 g/mol. The van der Waals surface area contributed by atoms with Crippen LogP contribution >= 0.6 is 0 Å². The molecule has 1 N–H and O–H groups in total. The summed E-state index contributed by atoms with van der Waals surface area (Å²) >= 11 is 0. The van der Waals surface area contributed by atoms with Crippen LogP contribution in [0.15, 0.2) is 47.3 Å². The number of alkyl halides is 2. The monoisotopic (exact) mass is 344 g/mol. The van der Waals surface area contributed by atoms with Crippen LogP contribution in [0.25, 0.3) is 23.1 Å². The van der Waals surface area contributed by atoms with E-state index in [0.29, 0.717) is 22.3 Å². The third-order valence-corrected chi connectivity index (χ3v) is 3.49. The van der Waals surface area contributed by atoms with Crippen molar-refractivity contribution in [3.63, 3.8) is 0 Å². The fraction of sp³-hybridized carbons (Fsp3) is 0.111. The first-order chi connectivity index (χ1) is 12.1. The number of nitrogens with zero attached hydrogens (tertiary/aromatic N) is 1. The highest BCUT2D eigenvalue weighted by molar-refractivity contribution is 5.79. The van der Waals surface area contributed by atoms with E-state index in [1.807, 2.05) is 0 Å². The zero-order chi connectivity index (χ0) is 17.8. The number of aromatic nitrogens is 2. The summed E-state index contributed by atoms with van der Waals surface area (Å²) < 4.78 is 34.9. The van der Waals surface area contributed by atoms with Crippen LogP contribution in [0.5, 0.6) is 11.5 Å². The number of para-hydroxylation sites is 2. The standard InChI is InChI=1S/C18H14F2N2O3/c1-24-14-8-4-5-11(16(14)25-18(19)20)9-10-15-21-13-7-3-2-6-12(13)17(23)22-15/h2-10,18H,1H3,(H,21,22,23)/b10-9+. The van der Waals surface area contributed by atoms with Crippen molar-refractivity contribution in [2.24, 2.45) is 0 Å². The molecule has 0 aliphatic carbocycles. The van der Waals surface area contributed by atoms with Crippen LogP contribution in [0.3, 0.4) is 0 Å². The topological polar surface area (TPSA) is 64.2 Å². The maximum Gasteiger partial charge on any atom is 0.387 e. The second kappa shape index (κ2) is 7.12. The van der Waals surface area contributed by atoms with E-state index in [1.54, 1.807) is 36.4 Å². The van der Waals surface area contributed by atoms with Gasteiger partial charge < -0.3 is 14.5 Å². The number of fused-ring (bicyclic) bond motifs is 1. The highest BCUT2D eigenvalue weighted by atomic mass is 19.3. The molecule has 25 heavy (non-hydrogen) atoms. The lowest BCUT2D eigenvalue weighted by molar-refractivity contribution is -0.0513. The minimum absolute atomic E-state index is 0.0839. The molecule has 0 aliphatic heterocycles. The molecule has 0 amide bonds. The molecular formula is C18H14F2N2O3. The van der Waals surface area contributed by atoms with Gasteiger partial charge in [-0.3, -0.25) is 4.79 Å². The number of aromatic amines is 1. The van der Waals surface area contributed by atoms with Crippen molar-refractivity contribution in [1.29, 1.82) is 0 Å². The number of hydrogen-bond acceptors (Lipinski definition) is 4. The normalized spacial score (nSPS) is 11.4. The van der Waals surface area contributed by atoms with Crippen molar-refractivity contribution >= 4 is 23.1 Å². The highest BCUT2D eigenvalue weighted by Crippen LogP contribution is 2.33. The van der Waals surface area contributed by atoms with Crippen LogP contribution in [-0.2, 0) is 0 Å². The summed E-state index contributed by atoms with van der Waals surface area (Å²) in [5, 5.41) is 0.475. The Balaban J connectivity index is 2.01. The fourth-order valence-corrected chi connectivity index (χ4v) is 2.39. The Morgan fingerprint density at radius 3 is 2.68 bits per heavy atom. The van der Waals surface area contributed by atoms with E-state index < -0.39 is 6.61 Å². The van der Waals surface area contributed by atoms with Crippen LogP contribution in [0.2, 0.25) is 0 Å². The Morgan fingerprint density at radius 2 is 1.92 bits per heavy atom. The van der Waals surface area contributed by atoms with Crippen molar-refractivity contribution in [1.82, 2.24) is 9.97 Å². The summed E-state index contributed by atoms with van der Waals surface area (Å²) in [7, 11) is 1.36. The van der Waals surface area contributed by atoms with Crippen LogP contribution in [0.4, 0.5) is 8.78 Å². The number of nitrogens with one attached hydrogen (secondary N) is 1. The third kappa shape index (κ3) is 3.65. The lowest BCUT2D eigenvalue weighted by Crippen LogP contribution is -2.09. The zero-order valence-electron chi connectivity index (χ0n) is 13.2. The minimum Gasteiger partial charge on any atom is -0.493 e. The van der Waals surface area contributed by atoms with E-state index in [9.17, 15) is 13.6 Å². The Hall–Kier alpha value is -3.22. The molecule has 0 saturated carbocycles. The predicted octanol–water partition coefficient (Wildman–Crippen LogP) is 3.70. The first kappa shape index (κ1) is 16.6. The second-order valence-corrected chi connectivity index (χ2v) is 5.06. The molecule has 2 aromatic carbocycles. The lowest BCUT2D eigenvalue weighted by Gasteiger charge is -2.12. The van der Waals surface area contributed by atoms with Gasteiger partial charge in [-0.05, 0) is 30.4 Å². The van der Waals surface area contributed by atoms with Crippen LogP contribution < -0.4 is 15.0 Å². The summed E-state index contributed by atoms with van der Waals surface area (Å²) in [6.45, 7) is -2.98. The lowest BCUT2D eigenvalue weighted by atomic mass is 10.1. The van der Waals surface area contributed by atoms with E-state index >= 15 is 0 Å². The molecule has 0 saturated heterocycles. The van der Waals surface area contributed by atoms with Gasteiger partial charge in [0.05, 0.1) is 18.0 Å². The van der Waals surface area contributed by atoms with Gasteiger partial charge in [0.1, 0.15) is 5.82 Å². The van der Waals surface area contributed by atoms with Crippen molar-refractivity contribution in [3.05, 3.63) is 64.2 Å². The fourth-order valence-electron chi connectivity index (χ4n) is 2.39. The first-order valence-corrected chi connectivity index (χ1v) is 7.37. The Bertz CT molecular complexity index is 983. The van der Waals surface area contributed by atoms with Crippen LogP contribution in [0.1, 0.15) is 11.4 Å². The number of halogens is 2. The molecule has 0 atom stereocenters. The van der Waals surface area contributed by atoms with Gasteiger partial charge in [-0.15, -0.1) is 0 Å². The number of rotatable bonds is 5. The molecule has 0 fully saturated rings. The van der Waals surface area contributed by atoms with Gasteiger partial charge in [0.2, 0.25) is 0 Å². The molecule has 1 aromatic heterocycles. The van der Waals surface area contributed by atoms with Crippen molar-refractivity contribution < 1.29 is 18.3 Å². The molecule has 1 heterocycles. The van der Waals surface area contributed by atoms with Gasteiger partial charge in [-0.2, -0.15) is 8.78 Å². The molecule has 0 bridgehead atoms. The van der Waals surface area contributed by atoms with Crippen LogP contribution in [-0.4, -0.2) is 23.7 Å². The average Bonchev–Trinajstić information content (AvgIpc) is 2.60. The molecule has 7 heteroatoms. The van der Waals surface area contributed by atoms with Crippen molar-refractivity contribution in [2.75, 3.05) is 7.11 Å². The Morgan fingerprint density at radius 1 is 1.12 bits per heavy atom. The highest BCUT2D eigenvalue weighted by Gasteiger charge is 2.13. The Labute approximate surface area is 141 Å². The van der Waals surface area contributed by atoms with Gasteiger partial charge in [-0.1, -0.05) is 24.3 Å². The van der Waals surface area contributed by atoms with Crippen molar-refractivity contribution in [2.45, 2.75) is 6.61 Å². The van der Waals surface area contributed by atoms with Gasteiger partial charge in [-0.25, -0.2) is 4.98 Å². The van der Waals surface area contributed by atoms with E-state index in [4.69, 9.17) is 4.74 Å². The summed E-state index contributed by atoms with van der Waals surface area (Å²) in [6.07, 6.45) is 3.04. The minimum atomic E-state index is -2.98. The van der Waals surface area contributed by atoms with Crippen LogP contribution in [0, 0.1) is 0 Å². The second-order valence-electron chi connectivity index (χ2n) is 5.06. The summed E-state index contributed by atoms with van der Waals surface area (Å²) in [4.78, 5) is 19.0. The zero-order valence-corrected chi connectivity index (χ0v) is 13.2. The molecule has 0 unspecified atom stereocenters. The Kier molecular flexibility index (Phi) is 4.74. The molecule has 5 nitrogen and oxygen atoms in total. The van der Waals surface area contributed by atoms with Gasteiger partial charge in [0.15, 0.2) is 11.5 Å². The van der Waals surface area contributed by atoms with Crippen molar-refractivity contribution in [3.8, 4) is 11.5 Å². The molecular weight excluding hydrogens is 330 g/mol. The molecule has 0 spiro atoms. The molecule has 0 radical (unpaired) electrons. The number of hydrogen-bond donors (Lipinski definition) is 1. The molecule has 3 aromatic rings. The molecule has 0 aliphatic rings. The maximum atomic E-state index is 12.6. The third-order valence-electron chi connectivity index (χ3n) is 3.49. The molecule has 3 rings (SSSR count). The first-order valence-electron chi connectivity index (χ1n) is 7.37. The summed E-state index contributed by atoms with van der Waals surface area (Å²) in [5.74, 6) is 0.399.